The fraction of sp³-hybridized carbons (Fsp3) is 0. The van der Waals surface area contributed by atoms with Gasteiger partial charge in [-0.15, -0.1) is 0 Å². The van der Waals surface area contributed by atoms with E-state index in [9.17, 15) is 0 Å². The molecule has 2 nitrogen and oxygen atoms in total. The molecule has 0 atom stereocenters. The molecule has 2 aromatic rings. The Morgan fingerprint density at radius 3 is 2.06 bits per heavy atom. The lowest BCUT2D eigenvalue weighted by Gasteiger charge is -1.98. The molecule has 0 radical (unpaired) electrons. The predicted octanol–water partition coefficient (Wildman–Crippen LogP) is 3.58. The standard InChI is InChI=1S/C15H13NO/c17-16-15(14-9-5-2-6-10-14)12-11-13-7-3-1-4-8-13/h1-12,17H/b12-11+,16-15-. The second-order valence-electron chi connectivity index (χ2n) is 3.60. The molecular weight excluding hydrogens is 210 g/mol. The molecule has 1 N–H and O–H groups in total. The van der Waals surface area contributed by atoms with Gasteiger partial charge in [0.05, 0.1) is 0 Å². The first kappa shape index (κ1) is 11.1. The molecule has 2 rings (SSSR count). The third kappa shape index (κ3) is 3.05. The van der Waals surface area contributed by atoms with E-state index in [1.54, 1.807) is 6.08 Å². The van der Waals surface area contributed by atoms with Gasteiger partial charge in [0, 0.05) is 5.56 Å². The van der Waals surface area contributed by atoms with Crippen LogP contribution in [-0.2, 0) is 0 Å². The van der Waals surface area contributed by atoms with Crippen molar-refractivity contribution in [2.45, 2.75) is 0 Å². The van der Waals surface area contributed by atoms with Crippen molar-refractivity contribution >= 4 is 11.8 Å². The Balaban J connectivity index is 2.20. The second kappa shape index (κ2) is 5.66. The summed E-state index contributed by atoms with van der Waals surface area (Å²) in [4.78, 5) is 0. The van der Waals surface area contributed by atoms with Gasteiger partial charge >= 0.3 is 0 Å². The van der Waals surface area contributed by atoms with Gasteiger partial charge in [-0.2, -0.15) is 0 Å². The van der Waals surface area contributed by atoms with Crippen LogP contribution in [0.2, 0.25) is 0 Å². The van der Waals surface area contributed by atoms with Crippen LogP contribution >= 0.6 is 0 Å². The molecule has 0 heterocycles. The fourth-order valence-electron chi connectivity index (χ4n) is 1.54. The van der Waals surface area contributed by atoms with Crippen molar-refractivity contribution < 1.29 is 5.21 Å². The maximum absolute atomic E-state index is 8.99. The van der Waals surface area contributed by atoms with E-state index in [2.05, 4.69) is 5.16 Å². The number of rotatable bonds is 3. The molecule has 0 aromatic heterocycles. The summed E-state index contributed by atoms with van der Waals surface area (Å²) in [5, 5.41) is 12.3. The highest BCUT2D eigenvalue weighted by Gasteiger charge is 1.98. The van der Waals surface area contributed by atoms with E-state index in [0.717, 1.165) is 11.1 Å². The van der Waals surface area contributed by atoms with Crippen molar-refractivity contribution in [1.82, 2.24) is 0 Å². The smallest absolute Gasteiger partial charge is 0.109 e. The van der Waals surface area contributed by atoms with Crippen LogP contribution in [0.1, 0.15) is 11.1 Å². The molecule has 0 amide bonds. The van der Waals surface area contributed by atoms with Crippen molar-refractivity contribution in [3.05, 3.63) is 77.9 Å². The molecule has 84 valence electrons. The highest BCUT2D eigenvalue weighted by Crippen LogP contribution is 2.06. The van der Waals surface area contributed by atoms with E-state index in [1.807, 2.05) is 66.7 Å². The molecule has 2 heteroatoms. The highest BCUT2D eigenvalue weighted by atomic mass is 16.4. The normalized spacial score (nSPS) is 11.9. The maximum Gasteiger partial charge on any atom is 0.109 e. The van der Waals surface area contributed by atoms with Crippen LogP contribution in [0.25, 0.3) is 6.08 Å². The molecule has 0 spiro atoms. The van der Waals surface area contributed by atoms with Crippen LogP contribution in [-0.4, -0.2) is 10.9 Å². The first-order valence-corrected chi connectivity index (χ1v) is 5.41. The van der Waals surface area contributed by atoms with Gasteiger partial charge in [-0.25, -0.2) is 0 Å². The lowest BCUT2D eigenvalue weighted by atomic mass is 10.1. The van der Waals surface area contributed by atoms with Gasteiger partial charge in [0.1, 0.15) is 5.71 Å². The molecule has 17 heavy (non-hydrogen) atoms. The SMILES string of the molecule is O/N=C(/C=C/c1ccccc1)c1ccccc1. The van der Waals surface area contributed by atoms with E-state index in [0.29, 0.717) is 5.71 Å². The molecular formula is C15H13NO. The van der Waals surface area contributed by atoms with E-state index in [-0.39, 0.29) is 0 Å². The Morgan fingerprint density at radius 2 is 1.47 bits per heavy atom. The topological polar surface area (TPSA) is 32.6 Å². The molecule has 2 aromatic carbocycles. The molecule has 0 fully saturated rings. The average molecular weight is 223 g/mol. The van der Waals surface area contributed by atoms with Gasteiger partial charge in [-0.05, 0) is 11.6 Å². The lowest BCUT2D eigenvalue weighted by Crippen LogP contribution is -1.95. The van der Waals surface area contributed by atoms with Gasteiger partial charge < -0.3 is 5.21 Å². The zero-order valence-corrected chi connectivity index (χ0v) is 9.32. The number of hydrogen-bond donors (Lipinski definition) is 1. The van der Waals surface area contributed by atoms with Gasteiger partial charge in [0.15, 0.2) is 0 Å². The molecule has 0 saturated heterocycles. The summed E-state index contributed by atoms with van der Waals surface area (Å²) in [5.74, 6) is 0. The van der Waals surface area contributed by atoms with E-state index in [4.69, 9.17) is 5.21 Å². The summed E-state index contributed by atoms with van der Waals surface area (Å²) in [6, 6.07) is 19.5. The third-order valence-electron chi connectivity index (χ3n) is 2.41. The first-order chi connectivity index (χ1) is 8.40. The van der Waals surface area contributed by atoms with Crippen LogP contribution in [0.4, 0.5) is 0 Å². The largest absolute Gasteiger partial charge is 0.410 e. The van der Waals surface area contributed by atoms with Crippen molar-refractivity contribution in [3.8, 4) is 0 Å². The summed E-state index contributed by atoms with van der Waals surface area (Å²) in [7, 11) is 0. The minimum Gasteiger partial charge on any atom is -0.410 e. The molecule has 0 unspecified atom stereocenters. The monoisotopic (exact) mass is 223 g/mol. The minimum absolute atomic E-state index is 0.550. The Morgan fingerprint density at radius 1 is 0.882 bits per heavy atom. The molecule has 0 saturated carbocycles. The Labute approximate surface area is 101 Å². The number of oxime groups is 1. The lowest BCUT2D eigenvalue weighted by molar-refractivity contribution is 0.320. The minimum atomic E-state index is 0.550. The Hall–Kier alpha value is -2.35. The van der Waals surface area contributed by atoms with Gasteiger partial charge in [-0.3, -0.25) is 0 Å². The second-order valence-corrected chi connectivity index (χ2v) is 3.60. The van der Waals surface area contributed by atoms with Crippen LogP contribution in [0, 0.1) is 0 Å². The van der Waals surface area contributed by atoms with Crippen molar-refractivity contribution in [2.24, 2.45) is 5.16 Å². The summed E-state index contributed by atoms with van der Waals surface area (Å²) in [6.07, 6.45) is 3.72. The number of nitrogens with zero attached hydrogens (tertiary/aromatic N) is 1. The fourth-order valence-corrected chi connectivity index (χ4v) is 1.54. The number of benzene rings is 2. The summed E-state index contributed by atoms with van der Waals surface area (Å²) >= 11 is 0. The van der Waals surface area contributed by atoms with Crippen LogP contribution < -0.4 is 0 Å². The van der Waals surface area contributed by atoms with Gasteiger partial charge in [0.25, 0.3) is 0 Å². The van der Waals surface area contributed by atoms with Crippen molar-refractivity contribution in [3.63, 3.8) is 0 Å². The highest BCUT2D eigenvalue weighted by molar-refractivity contribution is 6.10. The van der Waals surface area contributed by atoms with E-state index < -0.39 is 0 Å². The van der Waals surface area contributed by atoms with Crippen LogP contribution in [0.3, 0.4) is 0 Å². The number of hydrogen-bond acceptors (Lipinski definition) is 2. The average Bonchev–Trinajstić information content (AvgIpc) is 2.42. The summed E-state index contributed by atoms with van der Waals surface area (Å²) in [6.45, 7) is 0. The molecule has 0 aliphatic rings. The maximum atomic E-state index is 8.99. The number of allylic oxidation sites excluding steroid dienone is 1. The van der Waals surface area contributed by atoms with Crippen LogP contribution in [0.15, 0.2) is 71.9 Å². The van der Waals surface area contributed by atoms with Crippen molar-refractivity contribution in [1.29, 1.82) is 0 Å². The molecule has 0 aliphatic heterocycles. The van der Waals surface area contributed by atoms with E-state index in [1.165, 1.54) is 0 Å². The van der Waals surface area contributed by atoms with Crippen molar-refractivity contribution in [2.75, 3.05) is 0 Å². The van der Waals surface area contributed by atoms with Gasteiger partial charge in [0.2, 0.25) is 0 Å². The van der Waals surface area contributed by atoms with Gasteiger partial charge in [-0.1, -0.05) is 71.9 Å². The first-order valence-electron chi connectivity index (χ1n) is 5.41. The quantitative estimate of drug-likeness (QED) is 0.481. The third-order valence-corrected chi connectivity index (χ3v) is 2.41. The zero-order valence-electron chi connectivity index (χ0n) is 9.32. The van der Waals surface area contributed by atoms with E-state index >= 15 is 0 Å². The predicted molar refractivity (Wildman–Crippen MR) is 70.2 cm³/mol. The Kier molecular flexibility index (Phi) is 3.71. The zero-order chi connectivity index (χ0) is 11.9. The molecule has 0 aliphatic carbocycles. The Bertz CT molecular complexity index is 515. The summed E-state index contributed by atoms with van der Waals surface area (Å²) in [5.41, 5.74) is 2.52. The molecule has 0 bridgehead atoms. The van der Waals surface area contributed by atoms with Crippen LogP contribution in [0.5, 0.6) is 0 Å². The summed E-state index contributed by atoms with van der Waals surface area (Å²) < 4.78 is 0.